The van der Waals surface area contributed by atoms with Crippen LogP contribution in [0.2, 0.25) is 0 Å². The molecule has 42 heavy (non-hydrogen) atoms. The number of carbonyl (C=O) groups excluding carboxylic acids is 1. The van der Waals surface area contributed by atoms with Crippen molar-refractivity contribution in [2.45, 2.75) is 19.5 Å². The Kier molecular flexibility index (Phi) is 10.8. The smallest absolute Gasteiger partial charge is 0.416 e. The molecule has 0 aliphatic rings. The summed E-state index contributed by atoms with van der Waals surface area (Å²) < 4.78 is 46.2. The van der Waals surface area contributed by atoms with Crippen LogP contribution in [0.5, 0.6) is 11.5 Å². The molecule has 2 N–H and O–H groups in total. The molecule has 0 saturated carbocycles. The highest BCUT2D eigenvalue weighted by atomic mass is 19.4. The lowest BCUT2D eigenvalue weighted by Crippen LogP contribution is -2.33. The Balaban J connectivity index is 1.86. The second-order valence-electron chi connectivity index (χ2n) is 9.57. The number of amides is 2. The Bertz CT molecular complexity index is 1430. The van der Waals surface area contributed by atoms with Crippen LogP contribution in [0.25, 0.3) is 11.1 Å². The van der Waals surface area contributed by atoms with E-state index in [-0.39, 0.29) is 31.4 Å². The third kappa shape index (κ3) is 8.63. The maximum atomic E-state index is 13.5. The van der Waals surface area contributed by atoms with Crippen LogP contribution in [0.3, 0.4) is 0 Å². The lowest BCUT2D eigenvalue weighted by Gasteiger charge is -2.19. The van der Waals surface area contributed by atoms with Crippen LogP contribution in [-0.2, 0) is 11.0 Å². The number of likely N-dealkylation sites (N-methyl/N-ethyl adjacent to an activating group) is 1. The molecule has 0 fully saturated rings. The van der Waals surface area contributed by atoms with Crippen LogP contribution < -0.4 is 4.74 Å². The van der Waals surface area contributed by atoms with E-state index < -0.39 is 17.8 Å². The van der Waals surface area contributed by atoms with Crippen LogP contribution in [0.15, 0.2) is 84.9 Å². The summed E-state index contributed by atoms with van der Waals surface area (Å²) in [5.74, 6) is 0.287. The number of phenolic OH excluding ortho intramolecular Hbond substituents is 1. The second kappa shape index (κ2) is 14.2. The topological polar surface area (TPSA) is 90.3 Å². The molecular formula is C32H33F3N2O5. The minimum absolute atomic E-state index is 0.0212. The number of allylic oxidation sites excluding steroid dienone is 1. The SMILES string of the molecule is CCC(=C(c1ccc(O)cc1)c1ccc(OCCN(C/C=C/C(=O)N(C)C)C(=O)O)cc1)c1cccc(C(F)(F)F)c1. The maximum Gasteiger partial charge on any atom is 0.416 e. The number of aromatic hydroxyl groups is 1. The molecule has 0 aliphatic heterocycles. The number of carboxylic acid groups (broad SMARTS) is 1. The van der Waals surface area contributed by atoms with Gasteiger partial charge in [-0.25, -0.2) is 4.79 Å². The zero-order valence-electron chi connectivity index (χ0n) is 23.6. The molecule has 0 unspecified atom stereocenters. The molecule has 0 atom stereocenters. The number of ether oxygens (including phenoxy) is 1. The third-order valence-corrected chi connectivity index (χ3v) is 6.42. The lowest BCUT2D eigenvalue weighted by molar-refractivity contribution is -0.137. The maximum absolute atomic E-state index is 13.5. The van der Waals surface area contributed by atoms with Crippen molar-refractivity contribution in [2.75, 3.05) is 33.8 Å². The lowest BCUT2D eigenvalue weighted by atomic mass is 9.87. The predicted octanol–water partition coefficient (Wildman–Crippen LogP) is 6.78. The average Bonchev–Trinajstić information content (AvgIpc) is 2.95. The fourth-order valence-corrected chi connectivity index (χ4v) is 4.24. The Labute approximate surface area is 242 Å². The van der Waals surface area contributed by atoms with Crippen molar-refractivity contribution in [3.8, 4) is 11.5 Å². The first kappa shape index (κ1) is 31.8. The molecule has 0 aromatic heterocycles. The van der Waals surface area contributed by atoms with E-state index in [1.165, 1.54) is 35.3 Å². The summed E-state index contributed by atoms with van der Waals surface area (Å²) in [6.45, 7) is 2.01. The van der Waals surface area contributed by atoms with Crippen molar-refractivity contribution in [3.63, 3.8) is 0 Å². The van der Waals surface area contributed by atoms with E-state index in [9.17, 15) is 33.0 Å². The molecule has 10 heteroatoms. The zero-order valence-corrected chi connectivity index (χ0v) is 23.6. The second-order valence-corrected chi connectivity index (χ2v) is 9.57. The molecule has 0 aliphatic carbocycles. The molecule has 0 heterocycles. The van der Waals surface area contributed by atoms with Gasteiger partial charge in [-0.05, 0) is 70.7 Å². The summed E-state index contributed by atoms with van der Waals surface area (Å²) in [7, 11) is 3.19. The number of alkyl halides is 3. The average molecular weight is 583 g/mol. The van der Waals surface area contributed by atoms with Crippen molar-refractivity contribution in [2.24, 2.45) is 0 Å². The van der Waals surface area contributed by atoms with Crippen LogP contribution >= 0.6 is 0 Å². The minimum Gasteiger partial charge on any atom is -0.508 e. The van der Waals surface area contributed by atoms with Crippen molar-refractivity contribution in [1.82, 2.24) is 9.80 Å². The fourth-order valence-electron chi connectivity index (χ4n) is 4.24. The molecule has 222 valence electrons. The van der Waals surface area contributed by atoms with E-state index >= 15 is 0 Å². The first-order valence-corrected chi connectivity index (χ1v) is 13.2. The highest BCUT2D eigenvalue weighted by molar-refractivity contribution is 5.98. The van der Waals surface area contributed by atoms with Crippen LogP contribution in [-0.4, -0.2) is 65.8 Å². The number of nitrogens with zero attached hydrogens (tertiary/aromatic N) is 2. The summed E-state index contributed by atoms with van der Waals surface area (Å²) in [6.07, 6.45) is -2.42. The predicted molar refractivity (Wildman–Crippen MR) is 155 cm³/mol. The van der Waals surface area contributed by atoms with E-state index in [0.717, 1.165) is 22.6 Å². The number of carbonyl (C=O) groups is 2. The molecular weight excluding hydrogens is 549 g/mol. The van der Waals surface area contributed by atoms with Crippen molar-refractivity contribution >= 4 is 23.1 Å². The molecule has 0 radical (unpaired) electrons. The number of hydrogen-bond donors (Lipinski definition) is 2. The van der Waals surface area contributed by atoms with Crippen LogP contribution in [0, 0.1) is 0 Å². The van der Waals surface area contributed by atoms with Gasteiger partial charge in [0.15, 0.2) is 0 Å². The molecule has 3 aromatic carbocycles. The van der Waals surface area contributed by atoms with Gasteiger partial charge in [-0.1, -0.05) is 49.4 Å². The number of hydrogen-bond acceptors (Lipinski definition) is 4. The number of rotatable bonds is 11. The summed E-state index contributed by atoms with van der Waals surface area (Å²) >= 11 is 0. The number of phenols is 1. The first-order chi connectivity index (χ1) is 19.9. The Hall–Kier alpha value is -4.73. The monoisotopic (exact) mass is 582 g/mol. The quantitative estimate of drug-likeness (QED) is 0.192. The molecule has 0 bridgehead atoms. The van der Waals surface area contributed by atoms with Gasteiger partial charge in [0.25, 0.3) is 0 Å². The van der Waals surface area contributed by atoms with Crippen molar-refractivity contribution in [1.29, 1.82) is 0 Å². The summed E-state index contributed by atoms with van der Waals surface area (Å²) in [5.41, 5.74) is 2.54. The zero-order chi connectivity index (χ0) is 30.9. The Morgan fingerprint density at radius 2 is 1.55 bits per heavy atom. The molecule has 0 spiro atoms. The summed E-state index contributed by atoms with van der Waals surface area (Å²) in [6, 6.07) is 18.6. The Morgan fingerprint density at radius 3 is 2.10 bits per heavy atom. The summed E-state index contributed by atoms with van der Waals surface area (Å²) in [4.78, 5) is 25.7. The van der Waals surface area contributed by atoms with E-state index in [4.69, 9.17) is 4.74 Å². The number of benzene rings is 3. The van der Waals surface area contributed by atoms with Gasteiger partial charge in [-0.2, -0.15) is 13.2 Å². The van der Waals surface area contributed by atoms with Crippen molar-refractivity contribution in [3.05, 3.63) is 107 Å². The third-order valence-electron chi connectivity index (χ3n) is 6.42. The van der Waals surface area contributed by atoms with Crippen molar-refractivity contribution < 1.29 is 37.7 Å². The summed E-state index contributed by atoms with van der Waals surface area (Å²) in [5, 5.41) is 19.3. The first-order valence-electron chi connectivity index (χ1n) is 13.2. The largest absolute Gasteiger partial charge is 0.508 e. The van der Waals surface area contributed by atoms with E-state index in [2.05, 4.69) is 0 Å². The van der Waals surface area contributed by atoms with E-state index in [1.54, 1.807) is 56.6 Å². The highest BCUT2D eigenvalue weighted by Gasteiger charge is 2.30. The normalized spacial score (nSPS) is 12.1. The van der Waals surface area contributed by atoms with Gasteiger partial charge in [0.1, 0.15) is 18.1 Å². The standard InChI is InChI=1S/C32H33F3N2O5/c1-4-28(24-7-5-8-25(21-24)32(33,34)35)30(22-10-14-26(38)15-11-22)23-12-16-27(17-13-23)42-20-19-37(31(40)41)18-6-9-29(39)36(2)3/h5-17,21,38H,4,18-20H2,1-3H3,(H,40,41)/b9-6+,30-28?. The van der Waals surface area contributed by atoms with Crippen LogP contribution in [0.1, 0.15) is 35.6 Å². The van der Waals surface area contributed by atoms with E-state index in [1.807, 2.05) is 6.92 Å². The van der Waals surface area contributed by atoms with Gasteiger partial charge >= 0.3 is 12.3 Å². The van der Waals surface area contributed by atoms with E-state index in [0.29, 0.717) is 34.4 Å². The van der Waals surface area contributed by atoms with Gasteiger partial charge in [0.2, 0.25) is 5.91 Å². The van der Waals surface area contributed by atoms with Gasteiger partial charge in [0, 0.05) is 26.7 Å². The molecule has 3 aromatic rings. The highest BCUT2D eigenvalue weighted by Crippen LogP contribution is 2.38. The Morgan fingerprint density at radius 1 is 0.929 bits per heavy atom. The van der Waals surface area contributed by atoms with Crippen LogP contribution in [0.4, 0.5) is 18.0 Å². The van der Waals surface area contributed by atoms with Gasteiger partial charge in [0.05, 0.1) is 12.1 Å². The van der Waals surface area contributed by atoms with Gasteiger partial charge in [-0.3, -0.25) is 4.79 Å². The molecule has 3 rings (SSSR count). The van der Waals surface area contributed by atoms with Gasteiger partial charge < -0.3 is 24.7 Å². The fraction of sp³-hybridized carbons (Fsp3) is 0.250. The number of halogens is 3. The molecule has 2 amide bonds. The minimum atomic E-state index is -4.48. The molecule has 0 saturated heterocycles. The van der Waals surface area contributed by atoms with Gasteiger partial charge in [-0.15, -0.1) is 0 Å². The molecule has 7 nitrogen and oxygen atoms in total.